The van der Waals surface area contributed by atoms with E-state index in [4.69, 9.17) is 15.7 Å². The van der Waals surface area contributed by atoms with Gasteiger partial charge in [0.15, 0.2) is 5.75 Å². The third kappa shape index (κ3) is 1.68. The number of methoxy groups -OCH3 is 1. The molecule has 1 atom stereocenters. The maximum atomic E-state index is 9.48. The fourth-order valence-corrected chi connectivity index (χ4v) is 2.85. The first-order valence-corrected chi connectivity index (χ1v) is 5.78. The van der Waals surface area contributed by atoms with Gasteiger partial charge in [0.05, 0.1) is 13.2 Å². The summed E-state index contributed by atoms with van der Waals surface area (Å²) in [5.41, 5.74) is 6.20. The van der Waals surface area contributed by atoms with Crippen LogP contribution in [0.4, 0.5) is 10.7 Å². The first kappa shape index (κ1) is 11.0. The number of aliphatic hydroxyl groups excluding tert-OH is 1. The van der Waals surface area contributed by atoms with Gasteiger partial charge < -0.3 is 20.5 Å². The highest BCUT2D eigenvalue weighted by atomic mass is 32.1. The molecule has 0 aromatic carbocycles. The van der Waals surface area contributed by atoms with E-state index in [0.29, 0.717) is 22.9 Å². The standard InChI is InChI=1S/C10H13N3O2S/c1-15-9-8(12)7(4-11)16-10(9)13-3-2-6(14)5-13/h6,14H,2-3,5,12H2,1H3. The van der Waals surface area contributed by atoms with Crippen LogP contribution in [-0.2, 0) is 0 Å². The Balaban J connectivity index is 2.37. The molecule has 2 heterocycles. The predicted octanol–water partition coefficient (Wildman–Crippen LogP) is 0.782. The molecular weight excluding hydrogens is 226 g/mol. The zero-order valence-corrected chi connectivity index (χ0v) is 9.75. The summed E-state index contributed by atoms with van der Waals surface area (Å²) in [5, 5.41) is 19.2. The fourth-order valence-electron chi connectivity index (χ4n) is 1.83. The summed E-state index contributed by atoms with van der Waals surface area (Å²) in [6.07, 6.45) is 0.432. The molecule has 0 aliphatic carbocycles. The van der Waals surface area contributed by atoms with Crippen LogP contribution in [0.15, 0.2) is 0 Å². The lowest BCUT2D eigenvalue weighted by Crippen LogP contribution is -2.20. The summed E-state index contributed by atoms with van der Waals surface area (Å²) in [4.78, 5) is 2.47. The van der Waals surface area contributed by atoms with Crippen molar-refractivity contribution in [1.82, 2.24) is 0 Å². The zero-order valence-electron chi connectivity index (χ0n) is 8.93. The van der Waals surface area contributed by atoms with E-state index in [-0.39, 0.29) is 6.10 Å². The molecule has 6 heteroatoms. The first-order valence-electron chi connectivity index (χ1n) is 4.96. The van der Waals surface area contributed by atoms with Crippen molar-refractivity contribution >= 4 is 22.0 Å². The number of anilines is 2. The van der Waals surface area contributed by atoms with Crippen molar-refractivity contribution in [2.45, 2.75) is 12.5 Å². The molecule has 1 aromatic rings. The van der Waals surface area contributed by atoms with E-state index < -0.39 is 0 Å². The van der Waals surface area contributed by atoms with Crippen LogP contribution in [0.25, 0.3) is 0 Å². The van der Waals surface area contributed by atoms with Crippen molar-refractivity contribution < 1.29 is 9.84 Å². The molecule has 0 saturated carbocycles. The fraction of sp³-hybridized carbons (Fsp3) is 0.500. The number of nitrogens with two attached hydrogens (primary N) is 1. The van der Waals surface area contributed by atoms with Gasteiger partial charge in [0.2, 0.25) is 0 Å². The van der Waals surface area contributed by atoms with E-state index in [9.17, 15) is 5.11 Å². The number of aliphatic hydroxyl groups is 1. The molecule has 86 valence electrons. The molecule has 1 saturated heterocycles. The summed E-state index contributed by atoms with van der Waals surface area (Å²) < 4.78 is 5.22. The van der Waals surface area contributed by atoms with Crippen LogP contribution in [0.3, 0.4) is 0 Å². The molecule has 16 heavy (non-hydrogen) atoms. The van der Waals surface area contributed by atoms with Gasteiger partial charge in [-0.2, -0.15) is 5.26 Å². The monoisotopic (exact) mass is 239 g/mol. The molecule has 0 spiro atoms. The number of β-amino-alcohol motifs (C(OH)–C–C–N with tert-alkyl or cyclic N) is 1. The van der Waals surface area contributed by atoms with Crippen LogP contribution in [0, 0.1) is 11.3 Å². The second kappa shape index (κ2) is 4.20. The van der Waals surface area contributed by atoms with E-state index in [1.807, 2.05) is 11.0 Å². The Hall–Kier alpha value is -1.45. The minimum absolute atomic E-state index is 0.307. The Morgan fingerprint density at radius 2 is 2.44 bits per heavy atom. The van der Waals surface area contributed by atoms with Crippen LogP contribution in [-0.4, -0.2) is 31.4 Å². The first-order chi connectivity index (χ1) is 7.67. The maximum absolute atomic E-state index is 9.48. The number of nitrogens with zero attached hydrogens (tertiary/aromatic N) is 2. The molecule has 2 rings (SSSR count). The third-order valence-electron chi connectivity index (χ3n) is 2.64. The smallest absolute Gasteiger partial charge is 0.177 e. The summed E-state index contributed by atoms with van der Waals surface area (Å²) in [7, 11) is 1.54. The Morgan fingerprint density at radius 1 is 1.69 bits per heavy atom. The van der Waals surface area contributed by atoms with Crippen molar-refractivity contribution in [1.29, 1.82) is 5.26 Å². The maximum Gasteiger partial charge on any atom is 0.177 e. The van der Waals surface area contributed by atoms with Gasteiger partial charge >= 0.3 is 0 Å². The zero-order chi connectivity index (χ0) is 11.7. The Kier molecular flexibility index (Phi) is 2.90. The molecular formula is C10H13N3O2S. The van der Waals surface area contributed by atoms with Gasteiger partial charge in [-0.25, -0.2) is 0 Å². The number of hydrogen-bond donors (Lipinski definition) is 2. The Bertz CT molecular complexity index is 438. The van der Waals surface area contributed by atoms with Crippen LogP contribution < -0.4 is 15.4 Å². The normalized spacial score (nSPS) is 19.8. The number of thiophene rings is 1. The SMILES string of the molecule is COc1c(N2CCC(O)C2)sc(C#N)c1N. The highest BCUT2D eigenvalue weighted by molar-refractivity contribution is 7.17. The average molecular weight is 239 g/mol. The van der Waals surface area contributed by atoms with E-state index >= 15 is 0 Å². The van der Waals surface area contributed by atoms with Crippen molar-refractivity contribution in [3.05, 3.63) is 4.88 Å². The van der Waals surface area contributed by atoms with E-state index in [1.54, 1.807) is 0 Å². The minimum Gasteiger partial charge on any atom is -0.492 e. The van der Waals surface area contributed by atoms with E-state index in [2.05, 4.69) is 0 Å². The van der Waals surface area contributed by atoms with Crippen LogP contribution >= 0.6 is 11.3 Å². The van der Waals surface area contributed by atoms with Gasteiger partial charge in [-0.15, -0.1) is 11.3 Å². The third-order valence-corrected chi connectivity index (χ3v) is 3.79. The number of ether oxygens (including phenoxy) is 1. The lowest BCUT2D eigenvalue weighted by Gasteiger charge is -2.16. The molecule has 0 radical (unpaired) electrons. The van der Waals surface area contributed by atoms with Gasteiger partial charge in [0, 0.05) is 13.1 Å². The molecule has 0 bridgehead atoms. The van der Waals surface area contributed by atoms with E-state index in [0.717, 1.165) is 18.0 Å². The Morgan fingerprint density at radius 3 is 2.94 bits per heavy atom. The predicted molar refractivity (Wildman–Crippen MR) is 62.8 cm³/mol. The molecule has 1 aliphatic heterocycles. The summed E-state index contributed by atoms with van der Waals surface area (Å²) in [5.74, 6) is 0.552. The van der Waals surface area contributed by atoms with E-state index in [1.165, 1.54) is 18.4 Å². The van der Waals surface area contributed by atoms with Gasteiger partial charge in [0.25, 0.3) is 0 Å². The molecule has 3 N–H and O–H groups in total. The minimum atomic E-state index is -0.307. The lowest BCUT2D eigenvalue weighted by atomic mass is 10.3. The van der Waals surface area contributed by atoms with Crippen LogP contribution in [0.5, 0.6) is 5.75 Å². The van der Waals surface area contributed by atoms with Gasteiger partial charge in [-0.05, 0) is 6.42 Å². The van der Waals surface area contributed by atoms with Gasteiger partial charge in [-0.3, -0.25) is 0 Å². The number of nitriles is 1. The van der Waals surface area contributed by atoms with Crippen molar-refractivity contribution in [3.63, 3.8) is 0 Å². The van der Waals surface area contributed by atoms with Gasteiger partial charge in [-0.1, -0.05) is 0 Å². The van der Waals surface area contributed by atoms with Gasteiger partial charge in [0.1, 0.15) is 21.6 Å². The molecule has 1 unspecified atom stereocenters. The lowest BCUT2D eigenvalue weighted by molar-refractivity contribution is 0.198. The number of nitrogen functional groups attached to an aromatic ring is 1. The highest BCUT2D eigenvalue weighted by Crippen LogP contribution is 2.45. The second-order valence-corrected chi connectivity index (χ2v) is 4.68. The average Bonchev–Trinajstić information content (AvgIpc) is 2.82. The van der Waals surface area contributed by atoms with Crippen molar-refractivity contribution in [2.75, 3.05) is 30.8 Å². The molecule has 5 nitrogen and oxygen atoms in total. The van der Waals surface area contributed by atoms with Crippen molar-refractivity contribution in [3.8, 4) is 11.8 Å². The second-order valence-electron chi connectivity index (χ2n) is 3.68. The largest absolute Gasteiger partial charge is 0.492 e. The molecule has 0 amide bonds. The summed E-state index contributed by atoms with van der Waals surface area (Å²) in [6.45, 7) is 1.34. The number of rotatable bonds is 2. The molecule has 1 aromatic heterocycles. The topological polar surface area (TPSA) is 82.5 Å². The highest BCUT2D eigenvalue weighted by Gasteiger charge is 2.27. The quantitative estimate of drug-likeness (QED) is 0.797. The molecule has 1 fully saturated rings. The molecule has 1 aliphatic rings. The summed E-state index contributed by atoms with van der Waals surface area (Å²) >= 11 is 1.31. The van der Waals surface area contributed by atoms with Crippen molar-refractivity contribution in [2.24, 2.45) is 0 Å². The Labute approximate surface area is 97.7 Å². The van der Waals surface area contributed by atoms with Crippen LogP contribution in [0.2, 0.25) is 0 Å². The summed E-state index contributed by atoms with van der Waals surface area (Å²) in [6, 6.07) is 2.05. The van der Waals surface area contributed by atoms with Crippen LogP contribution in [0.1, 0.15) is 11.3 Å². The number of hydrogen-bond acceptors (Lipinski definition) is 6.